The van der Waals surface area contributed by atoms with E-state index in [9.17, 15) is 9.90 Å². The van der Waals surface area contributed by atoms with Crippen LogP contribution in [0.1, 0.15) is 36.0 Å². The van der Waals surface area contributed by atoms with Gasteiger partial charge in [0, 0.05) is 29.0 Å². The van der Waals surface area contributed by atoms with E-state index in [-0.39, 0.29) is 18.4 Å². The predicted octanol–water partition coefficient (Wildman–Crippen LogP) is 3.45. The average molecular weight is 393 g/mol. The highest BCUT2D eigenvalue weighted by Gasteiger charge is 2.32. The highest BCUT2D eigenvalue weighted by Crippen LogP contribution is 2.42. The van der Waals surface area contributed by atoms with Gasteiger partial charge in [-0.3, -0.25) is 9.89 Å². The third-order valence-corrected chi connectivity index (χ3v) is 5.14. The molecule has 2 heterocycles. The van der Waals surface area contributed by atoms with Gasteiger partial charge >= 0.3 is 0 Å². The number of anilines is 1. The van der Waals surface area contributed by atoms with Gasteiger partial charge in [0.05, 0.1) is 26.0 Å². The number of hydrogen-bond acceptors (Lipinski definition) is 5. The van der Waals surface area contributed by atoms with Crippen molar-refractivity contribution < 1.29 is 19.4 Å². The molecule has 7 heteroatoms. The lowest BCUT2D eigenvalue weighted by Gasteiger charge is -2.24. The van der Waals surface area contributed by atoms with Gasteiger partial charge in [-0.05, 0) is 48.9 Å². The molecule has 2 aromatic carbocycles. The number of fused-ring (bicyclic) bond motifs is 1. The molecular weight excluding hydrogens is 370 g/mol. The van der Waals surface area contributed by atoms with Gasteiger partial charge in [-0.25, -0.2) is 0 Å². The molecule has 29 heavy (non-hydrogen) atoms. The van der Waals surface area contributed by atoms with E-state index in [1.54, 1.807) is 7.11 Å². The first kappa shape index (κ1) is 19.0. The molecule has 0 saturated heterocycles. The van der Waals surface area contributed by atoms with Crippen molar-refractivity contribution >= 4 is 11.7 Å². The number of rotatable bonds is 6. The molecule has 0 bridgehead atoms. The summed E-state index contributed by atoms with van der Waals surface area (Å²) in [5.74, 6) is 1.69. The Balaban J connectivity index is 1.79. The maximum absolute atomic E-state index is 12.3. The third kappa shape index (κ3) is 3.56. The number of aromatic amines is 1. The van der Waals surface area contributed by atoms with Crippen LogP contribution in [0.25, 0.3) is 11.3 Å². The largest absolute Gasteiger partial charge is 0.497 e. The summed E-state index contributed by atoms with van der Waals surface area (Å²) in [5.41, 5.74) is 4.38. The average Bonchev–Trinajstić information content (AvgIpc) is 3.17. The van der Waals surface area contributed by atoms with E-state index < -0.39 is 0 Å². The number of nitrogens with one attached hydrogen (secondary N) is 2. The number of ether oxygens (including phenoxy) is 2. The Hall–Kier alpha value is -3.32. The van der Waals surface area contributed by atoms with Gasteiger partial charge in [0.15, 0.2) is 5.82 Å². The first-order chi connectivity index (χ1) is 14.1. The fourth-order valence-corrected chi connectivity index (χ4v) is 3.75. The lowest BCUT2D eigenvalue weighted by molar-refractivity contribution is -0.116. The van der Waals surface area contributed by atoms with E-state index in [0.29, 0.717) is 30.2 Å². The Morgan fingerprint density at radius 2 is 2.00 bits per heavy atom. The number of benzene rings is 2. The number of aliphatic hydroxyl groups is 1. The SMILES string of the molecule is CCOc1ccc(C2CC(=O)Nc3n[nH]c(-c4ccc(OC)cc4)c32)cc1CO. The fraction of sp³-hybridized carbons (Fsp3) is 0.273. The third-order valence-electron chi connectivity index (χ3n) is 5.14. The number of hydrogen-bond donors (Lipinski definition) is 3. The molecule has 0 spiro atoms. The van der Waals surface area contributed by atoms with Crippen LogP contribution in [0.2, 0.25) is 0 Å². The molecule has 3 N–H and O–H groups in total. The van der Waals surface area contributed by atoms with E-state index in [1.807, 2.05) is 49.4 Å². The van der Waals surface area contributed by atoms with Crippen LogP contribution in [-0.4, -0.2) is 34.9 Å². The summed E-state index contributed by atoms with van der Waals surface area (Å²) < 4.78 is 10.8. The van der Waals surface area contributed by atoms with Crippen molar-refractivity contribution in [1.82, 2.24) is 10.2 Å². The molecule has 150 valence electrons. The summed E-state index contributed by atoms with van der Waals surface area (Å²) in [6.07, 6.45) is 0.300. The topological polar surface area (TPSA) is 96.5 Å². The second-order valence-corrected chi connectivity index (χ2v) is 6.85. The quantitative estimate of drug-likeness (QED) is 0.596. The van der Waals surface area contributed by atoms with Crippen molar-refractivity contribution in [3.05, 3.63) is 59.2 Å². The minimum Gasteiger partial charge on any atom is -0.497 e. The molecular formula is C22H23N3O4. The second kappa shape index (κ2) is 7.97. The van der Waals surface area contributed by atoms with Crippen LogP contribution < -0.4 is 14.8 Å². The molecule has 0 saturated carbocycles. The molecule has 4 rings (SSSR count). The van der Waals surface area contributed by atoms with Crippen molar-refractivity contribution in [1.29, 1.82) is 0 Å². The predicted molar refractivity (Wildman–Crippen MR) is 109 cm³/mol. The number of methoxy groups -OCH3 is 1. The number of H-pyrrole nitrogens is 1. The number of carbonyl (C=O) groups excluding carboxylic acids is 1. The smallest absolute Gasteiger partial charge is 0.226 e. The molecule has 1 aliphatic rings. The zero-order chi connectivity index (χ0) is 20.4. The lowest BCUT2D eigenvalue weighted by atomic mass is 9.84. The molecule has 1 aliphatic heterocycles. The maximum Gasteiger partial charge on any atom is 0.226 e. The molecule has 0 radical (unpaired) electrons. The summed E-state index contributed by atoms with van der Waals surface area (Å²) in [6, 6.07) is 13.4. The number of carbonyl (C=O) groups is 1. The molecule has 1 amide bonds. The van der Waals surface area contributed by atoms with Crippen molar-refractivity contribution in [2.24, 2.45) is 0 Å². The molecule has 0 fully saturated rings. The summed E-state index contributed by atoms with van der Waals surface area (Å²) >= 11 is 0. The molecule has 1 unspecified atom stereocenters. The Kier molecular flexibility index (Phi) is 5.22. The van der Waals surface area contributed by atoms with E-state index in [1.165, 1.54) is 0 Å². The van der Waals surface area contributed by atoms with Gasteiger partial charge in [0.25, 0.3) is 0 Å². The molecule has 7 nitrogen and oxygen atoms in total. The number of nitrogens with zero attached hydrogens (tertiary/aromatic N) is 1. The number of aliphatic hydroxyl groups excluding tert-OH is 1. The number of aromatic nitrogens is 2. The molecule has 1 atom stereocenters. The van der Waals surface area contributed by atoms with Crippen LogP contribution >= 0.6 is 0 Å². The summed E-state index contributed by atoms with van der Waals surface area (Å²) in [6.45, 7) is 2.29. The lowest BCUT2D eigenvalue weighted by Crippen LogP contribution is -2.23. The van der Waals surface area contributed by atoms with E-state index in [0.717, 1.165) is 28.1 Å². The first-order valence-electron chi connectivity index (χ1n) is 9.53. The van der Waals surface area contributed by atoms with Crippen LogP contribution in [0.15, 0.2) is 42.5 Å². The van der Waals surface area contributed by atoms with Gasteiger partial charge in [-0.15, -0.1) is 0 Å². The van der Waals surface area contributed by atoms with Crippen molar-refractivity contribution in [2.45, 2.75) is 25.9 Å². The summed E-state index contributed by atoms with van der Waals surface area (Å²) in [4.78, 5) is 12.3. The van der Waals surface area contributed by atoms with Gasteiger partial charge < -0.3 is 19.9 Å². The van der Waals surface area contributed by atoms with E-state index >= 15 is 0 Å². The monoisotopic (exact) mass is 393 g/mol. The maximum atomic E-state index is 12.3. The van der Waals surface area contributed by atoms with Gasteiger partial charge in [0.1, 0.15) is 11.5 Å². The fourth-order valence-electron chi connectivity index (χ4n) is 3.75. The Bertz CT molecular complexity index is 1030. The minimum absolute atomic E-state index is 0.0882. The molecule has 3 aromatic rings. The van der Waals surface area contributed by atoms with E-state index in [4.69, 9.17) is 9.47 Å². The highest BCUT2D eigenvalue weighted by atomic mass is 16.5. The second-order valence-electron chi connectivity index (χ2n) is 6.85. The van der Waals surface area contributed by atoms with Crippen molar-refractivity contribution in [3.63, 3.8) is 0 Å². The Labute approximate surface area is 168 Å². The van der Waals surface area contributed by atoms with Crippen molar-refractivity contribution in [3.8, 4) is 22.8 Å². The Morgan fingerprint density at radius 3 is 2.69 bits per heavy atom. The first-order valence-corrected chi connectivity index (χ1v) is 9.53. The molecule has 0 aliphatic carbocycles. The summed E-state index contributed by atoms with van der Waals surface area (Å²) in [7, 11) is 1.63. The highest BCUT2D eigenvalue weighted by molar-refractivity contribution is 5.96. The van der Waals surface area contributed by atoms with Crippen LogP contribution in [0.3, 0.4) is 0 Å². The van der Waals surface area contributed by atoms with Crippen LogP contribution in [-0.2, 0) is 11.4 Å². The normalized spacial score (nSPS) is 15.6. The Morgan fingerprint density at radius 1 is 1.21 bits per heavy atom. The van der Waals surface area contributed by atoms with Crippen LogP contribution in [0.4, 0.5) is 5.82 Å². The molecule has 1 aromatic heterocycles. The standard InChI is InChI=1S/C22H23N3O4/c1-3-29-18-9-6-14(10-15(18)12-26)17-11-19(27)23-22-20(17)21(24-25-22)13-4-7-16(28-2)8-5-13/h4-10,17,26H,3,11-12H2,1-2H3,(H2,23,24,25,27). The minimum atomic E-state index is -0.185. The van der Waals surface area contributed by atoms with Gasteiger partial charge in [-0.2, -0.15) is 5.10 Å². The summed E-state index contributed by atoms with van der Waals surface area (Å²) in [5, 5.41) is 20.0. The van der Waals surface area contributed by atoms with Gasteiger partial charge in [-0.1, -0.05) is 6.07 Å². The van der Waals surface area contributed by atoms with Crippen LogP contribution in [0.5, 0.6) is 11.5 Å². The van der Waals surface area contributed by atoms with Crippen molar-refractivity contribution in [2.75, 3.05) is 19.0 Å². The zero-order valence-corrected chi connectivity index (χ0v) is 16.4. The van der Waals surface area contributed by atoms with Crippen LogP contribution in [0, 0.1) is 0 Å². The number of amides is 1. The zero-order valence-electron chi connectivity index (χ0n) is 16.4. The van der Waals surface area contributed by atoms with E-state index in [2.05, 4.69) is 15.5 Å². The van der Waals surface area contributed by atoms with Gasteiger partial charge in [0.2, 0.25) is 5.91 Å².